The SMILES string of the molecule is CC1CC(F)(c2ccc(F)cc2)CCN1. The van der Waals surface area contributed by atoms with Crippen LogP contribution in [0.5, 0.6) is 0 Å². The van der Waals surface area contributed by atoms with Gasteiger partial charge in [-0.05, 0) is 37.6 Å². The third-order valence-corrected chi connectivity index (χ3v) is 3.01. The lowest BCUT2D eigenvalue weighted by molar-refractivity contribution is 0.0947. The molecule has 1 heterocycles. The summed E-state index contributed by atoms with van der Waals surface area (Å²) in [6.07, 6.45) is 0.918. The molecule has 2 rings (SSSR count). The fourth-order valence-electron chi connectivity index (χ4n) is 2.19. The zero-order valence-corrected chi connectivity index (χ0v) is 8.76. The predicted molar refractivity (Wildman–Crippen MR) is 55.9 cm³/mol. The maximum atomic E-state index is 14.5. The van der Waals surface area contributed by atoms with Crippen LogP contribution in [0.3, 0.4) is 0 Å². The van der Waals surface area contributed by atoms with Crippen molar-refractivity contribution in [3.63, 3.8) is 0 Å². The molecule has 0 radical (unpaired) electrons. The molecule has 1 nitrogen and oxygen atoms in total. The zero-order valence-electron chi connectivity index (χ0n) is 8.76. The van der Waals surface area contributed by atoms with E-state index in [0.29, 0.717) is 24.9 Å². The molecule has 1 aliphatic heterocycles. The molecular weight excluding hydrogens is 196 g/mol. The van der Waals surface area contributed by atoms with E-state index >= 15 is 0 Å². The second-order valence-electron chi connectivity index (χ2n) is 4.28. The first-order chi connectivity index (χ1) is 7.10. The van der Waals surface area contributed by atoms with Gasteiger partial charge in [-0.1, -0.05) is 12.1 Å². The van der Waals surface area contributed by atoms with Crippen LogP contribution in [0.2, 0.25) is 0 Å². The highest BCUT2D eigenvalue weighted by Gasteiger charge is 2.36. The molecule has 2 unspecified atom stereocenters. The molecule has 15 heavy (non-hydrogen) atoms. The summed E-state index contributed by atoms with van der Waals surface area (Å²) >= 11 is 0. The molecule has 1 saturated heterocycles. The van der Waals surface area contributed by atoms with E-state index in [1.807, 2.05) is 6.92 Å². The van der Waals surface area contributed by atoms with Crippen LogP contribution in [0.15, 0.2) is 24.3 Å². The Labute approximate surface area is 88.5 Å². The van der Waals surface area contributed by atoms with Crippen LogP contribution in [0, 0.1) is 5.82 Å². The van der Waals surface area contributed by atoms with Crippen molar-refractivity contribution in [3.8, 4) is 0 Å². The van der Waals surface area contributed by atoms with Crippen molar-refractivity contribution >= 4 is 0 Å². The second kappa shape index (κ2) is 3.89. The topological polar surface area (TPSA) is 12.0 Å². The summed E-state index contributed by atoms with van der Waals surface area (Å²) in [6.45, 7) is 2.64. The van der Waals surface area contributed by atoms with E-state index in [4.69, 9.17) is 0 Å². The van der Waals surface area contributed by atoms with Gasteiger partial charge in [0.2, 0.25) is 0 Å². The van der Waals surface area contributed by atoms with Gasteiger partial charge in [0.1, 0.15) is 11.5 Å². The Balaban J connectivity index is 2.24. The Kier molecular flexibility index (Phi) is 2.74. The van der Waals surface area contributed by atoms with Crippen LogP contribution in [0.1, 0.15) is 25.3 Å². The smallest absolute Gasteiger partial charge is 0.138 e. The van der Waals surface area contributed by atoms with Crippen molar-refractivity contribution in [1.29, 1.82) is 0 Å². The second-order valence-corrected chi connectivity index (χ2v) is 4.28. The number of hydrogen-bond donors (Lipinski definition) is 1. The highest BCUT2D eigenvalue weighted by molar-refractivity contribution is 5.24. The van der Waals surface area contributed by atoms with Gasteiger partial charge in [-0.15, -0.1) is 0 Å². The van der Waals surface area contributed by atoms with Crippen molar-refractivity contribution in [2.45, 2.75) is 31.5 Å². The maximum Gasteiger partial charge on any atom is 0.138 e. The maximum absolute atomic E-state index is 14.5. The van der Waals surface area contributed by atoms with Gasteiger partial charge in [0.15, 0.2) is 0 Å². The van der Waals surface area contributed by atoms with Gasteiger partial charge >= 0.3 is 0 Å². The minimum Gasteiger partial charge on any atom is -0.314 e. The van der Waals surface area contributed by atoms with Crippen LogP contribution in [-0.4, -0.2) is 12.6 Å². The predicted octanol–water partition coefficient (Wildman–Crippen LogP) is 2.76. The highest BCUT2D eigenvalue weighted by Crippen LogP contribution is 2.36. The van der Waals surface area contributed by atoms with E-state index in [0.717, 1.165) is 0 Å². The van der Waals surface area contributed by atoms with Gasteiger partial charge < -0.3 is 5.32 Å². The molecular formula is C12H15F2N. The first-order valence-electron chi connectivity index (χ1n) is 5.28. The zero-order chi connectivity index (χ0) is 10.9. The number of alkyl halides is 1. The third-order valence-electron chi connectivity index (χ3n) is 3.01. The van der Waals surface area contributed by atoms with Crippen molar-refractivity contribution < 1.29 is 8.78 Å². The van der Waals surface area contributed by atoms with Crippen molar-refractivity contribution in [2.24, 2.45) is 0 Å². The van der Waals surface area contributed by atoms with Gasteiger partial charge in [-0.25, -0.2) is 8.78 Å². The molecule has 2 atom stereocenters. The van der Waals surface area contributed by atoms with Gasteiger partial charge in [-0.3, -0.25) is 0 Å². The molecule has 3 heteroatoms. The van der Waals surface area contributed by atoms with Crippen molar-refractivity contribution in [2.75, 3.05) is 6.54 Å². The van der Waals surface area contributed by atoms with E-state index in [-0.39, 0.29) is 11.9 Å². The normalized spacial score (nSPS) is 31.5. The monoisotopic (exact) mass is 211 g/mol. The third kappa shape index (κ3) is 2.17. The minimum atomic E-state index is -1.29. The van der Waals surface area contributed by atoms with Crippen LogP contribution in [0.4, 0.5) is 8.78 Å². The molecule has 1 fully saturated rings. The van der Waals surface area contributed by atoms with Crippen LogP contribution in [0.25, 0.3) is 0 Å². The molecule has 0 bridgehead atoms. The minimum absolute atomic E-state index is 0.175. The summed E-state index contributed by atoms with van der Waals surface area (Å²) < 4.78 is 27.2. The van der Waals surface area contributed by atoms with Crippen molar-refractivity contribution in [3.05, 3.63) is 35.6 Å². The highest BCUT2D eigenvalue weighted by atomic mass is 19.1. The summed E-state index contributed by atoms with van der Waals surface area (Å²) in [5.74, 6) is -0.315. The Bertz CT molecular complexity index is 336. The number of benzene rings is 1. The van der Waals surface area contributed by atoms with Gasteiger partial charge in [-0.2, -0.15) is 0 Å². The number of hydrogen-bond acceptors (Lipinski definition) is 1. The molecule has 1 aliphatic rings. The number of piperidine rings is 1. The largest absolute Gasteiger partial charge is 0.314 e. The summed E-state index contributed by atoms with van der Waals surface area (Å²) in [5.41, 5.74) is -0.699. The lowest BCUT2D eigenvalue weighted by Crippen LogP contribution is -2.42. The number of nitrogens with one attached hydrogen (secondary N) is 1. The Morgan fingerprint density at radius 3 is 2.60 bits per heavy atom. The first-order valence-corrected chi connectivity index (χ1v) is 5.28. The Morgan fingerprint density at radius 2 is 2.00 bits per heavy atom. The molecule has 0 aliphatic carbocycles. The fraction of sp³-hybridized carbons (Fsp3) is 0.500. The van der Waals surface area contributed by atoms with E-state index < -0.39 is 5.67 Å². The van der Waals surface area contributed by atoms with Crippen LogP contribution < -0.4 is 5.32 Å². The van der Waals surface area contributed by atoms with Gasteiger partial charge in [0.25, 0.3) is 0 Å². The molecule has 1 aromatic rings. The quantitative estimate of drug-likeness (QED) is 0.753. The summed E-state index contributed by atoms with van der Waals surface area (Å²) in [7, 11) is 0. The fourth-order valence-corrected chi connectivity index (χ4v) is 2.19. The first kappa shape index (κ1) is 10.6. The standard InChI is InChI=1S/C12H15F2N/c1-9-8-12(14,6-7-15-9)10-2-4-11(13)5-3-10/h2-5,9,15H,6-8H2,1H3. The van der Waals surface area contributed by atoms with Gasteiger partial charge in [0.05, 0.1) is 0 Å². The molecule has 1 N–H and O–H groups in total. The summed E-state index contributed by atoms with van der Waals surface area (Å²) in [5, 5.41) is 3.20. The summed E-state index contributed by atoms with van der Waals surface area (Å²) in [4.78, 5) is 0. The molecule has 0 saturated carbocycles. The average molecular weight is 211 g/mol. The number of rotatable bonds is 1. The summed E-state index contributed by atoms with van der Waals surface area (Å²) in [6, 6.07) is 5.92. The molecule has 0 aromatic heterocycles. The molecule has 0 amide bonds. The van der Waals surface area contributed by atoms with Crippen molar-refractivity contribution in [1.82, 2.24) is 5.32 Å². The lowest BCUT2D eigenvalue weighted by atomic mass is 9.84. The van der Waals surface area contributed by atoms with Gasteiger partial charge in [0, 0.05) is 12.5 Å². The number of halogens is 2. The van der Waals surface area contributed by atoms with E-state index in [1.165, 1.54) is 12.1 Å². The molecule has 82 valence electrons. The lowest BCUT2D eigenvalue weighted by Gasteiger charge is -2.34. The van der Waals surface area contributed by atoms with E-state index in [9.17, 15) is 8.78 Å². The molecule has 1 aromatic carbocycles. The van der Waals surface area contributed by atoms with E-state index in [1.54, 1.807) is 12.1 Å². The van der Waals surface area contributed by atoms with Crippen LogP contribution in [-0.2, 0) is 5.67 Å². The van der Waals surface area contributed by atoms with Crippen LogP contribution >= 0.6 is 0 Å². The molecule has 0 spiro atoms. The Morgan fingerprint density at radius 1 is 1.33 bits per heavy atom. The Hall–Kier alpha value is -0.960. The average Bonchev–Trinajstić information content (AvgIpc) is 2.18. The van der Waals surface area contributed by atoms with E-state index in [2.05, 4.69) is 5.32 Å².